The van der Waals surface area contributed by atoms with E-state index >= 15 is 0 Å². The normalized spacial score (nSPS) is 11.5. The van der Waals surface area contributed by atoms with E-state index in [2.05, 4.69) is 26.1 Å². The van der Waals surface area contributed by atoms with Gasteiger partial charge in [-0.3, -0.25) is 4.79 Å². The van der Waals surface area contributed by atoms with Crippen molar-refractivity contribution >= 4 is 29.1 Å². The van der Waals surface area contributed by atoms with Crippen LogP contribution in [-0.4, -0.2) is 15.7 Å². The van der Waals surface area contributed by atoms with Crippen molar-refractivity contribution in [3.8, 4) is 5.69 Å². The topological polar surface area (TPSA) is 46.9 Å². The van der Waals surface area contributed by atoms with Gasteiger partial charge in [-0.05, 0) is 42.0 Å². The van der Waals surface area contributed by atoms with Gasteiger partial charge < -0.3 is 5.32 Å². The minimum Gasteiger partial charge on any atom is -0.350 e. The first-order valence-corrected chi connectivity index (χ1v) is 9.95. The zero-order valence-corrected chi connectivity index (χ0v) is 18.0. The molecular weight excluding hydrogens is 412 g/mol. The number of benzene rings is 2. The van der Waals surface area contributed by atoms with Crippen LogP contribution in [-0.2, 0) is 23.2 Å². The van der Waals surface area contributed by atoms with Crippen molar-refractivity contribution in [2.45, 2.75) is 39.2 Å². The maximum absolute atomic E-state index is 13.3. The van der Waals surface area contributed by atoms with Crippen LogP contribution in [0.4, 0.5) is 4.39 Å². The molecular formula is C22H22Cl2FN3O. The molecule has 0 aliphatic carbocycles. The molecule has 0 atom stereocenters. The largest absolute Gasteiger partial charge is 0.350 e. The van der Waals surface area contributed by atoms with Crippen LogP contribution in [0, 0.1) is 5.82 Å². The molecule has 7 heteroatoms. The van der Waals surface area contributed by atoms with Gasteiger partial charge in [0.25, 0.3) is 0 Å². The van der Waals surface area contributed by atoms with Crippen LogP contribution in [0.1, 0.15) is 37.7 Å². The molecule has 29 heavy (non-hydrogen) atoms. The fraction of sp³-hybridized carbons (Fsp3) is 0.273. The first-order valence-electron chi connectivity index (χ1n) is 9.19. The molecule has 152 valence electrons. The average Bonchev–Trinajstić information content (AvgIpc) is 3.08. The van der Waals surface area contributed by atoms with Crippen molar-refractivity contribution in [3.63, 3.8) is 0 Å². The fourth-order valence-electron chi connectivity index (χ4n) is 2.83. The first-order chi connectivity index (χ1) is 13.6. The molecule has 4 nitrogen and oxygen atoms in total. The highest BCUT2D eigenvalue weighted by Crippen LogP contribution is 2.25. The summed E-state index contributed by atoms with van der Waals surface area (Å²) < 4.78 is 15.1. The number of aromatic nitrogens is 2. The van der Waals surface area contributed by atoms with E-state index in [0.29, 0.717) is 17.1 Å². The van der Waals surface area contributed by atoms with Crippen LogP contribution in [0.15, 0.2) is 48.5 Å². The van der Waals surface area contributed by atoms with Gasteiger partial charge in [0.15, 0.2) is 0 Å². The number of nitrogens with one attached hydrogen (secondary N) is 1. The third-order valence-corrected chi connectivity index (χ3v) is 4.94. The summed E-state index contributed by atoms with van der Waals surface area (Å²) in [5.74, 6) is -0.695. The van der Waals surface area contributed by atoms with Gasteiger partial charge in [0.05, 0.1) is 35.1 Å². The predicted molar refractivity (Wildman–Crippen MR) is 114 cm³/mol. The van der Waals surface area contributed by atoms with E-state index in [1.165, 1.54) is 12.1 Å². The SMILES string of the molecule is CC(C)(C)c1cc(CNC(=O)Cc2ccc(F)c(Cl)c2)n(-c2cccc(Cl)c2)n1. The maximum atomic E-state index is 13.3. The monoisotopic (exact) mass is 433 g/mol. The lowest BCUT2D eigenvalue weighted by Gasteiger charge is -2.14. The minimum atomic E-state index is -0.504. The number of nitrogens with zero attached hydrogens (tertiary/aromatic N) is 2. The highest BCUT2D eigenvalue weighted by molar-refractivity contribution is 6.31. The van der Waals surface area contributed by atoms with Gasteiger partial charge in [0.1, 0.15) is 5.82 Å². The maximum Gasteiger partial charge on any atom is 0.224 e. The van der Waals surface area contributed by atoms with Crippen molar-refractivity contribution in [1.29, 1.82) is 0 Å². The van der Waals surface area contributed by atoms with Gasteiger partial charge >= 0.3 is 0 Å². The lowest BCUT2D eigenvalue weighted by Crippen LogP contribution is -2.25. The molecule has 3 aromatic rings. The second-order valence-corrected chi connectivity index (χ2v) is 8.71. The highest BCUT2D eigenvalue weighted by Gasteiger charge is 2.21. The summed E-state index contributed by atoms with van der Waals surface area (Å²) in [6.07, 6.45) is 0.109. The molecule has 0 saturated carbocycles. The lowest BCUT2D eigenvalue weighted by atomic mass is 9.92. The molecule has 0 unspecified atom stereocenters. The fourth-order valence-corrected chi connectivity index (χ4v) is 3.22. The second-order valence-electron chi connectivity index (χ2n) is 7.86. The molecule has 0 fully saturated rings. The van der Waals surface area contributed by atoms with Crippen LogP contribution < -0.4 is 5.32 Å². The van der Waals surface area contributed by atoms with Crippen LogP contribution in [0.5, 0.6) is 0 Å². The van der Waals surface area contributed by atoms with Gasteiger partial charge in [-0.1, -0.05) is 56.1 Å². The Labute approximate surface area is 179 Å². The first kappa shape index (κ1) is 21.3. The molecule has 0 spiro atoms. The van der Waals surface area contributed by atoms with Crippen LogP contribution in [0.25, 0.3) is 5.69 Å². The third-order valence-electron chi connectivity index (χ3n) is 4.42. The summed E-state index contributed by atoms with van der Waals surface area (Å²) in [5, 5.41) is 8.24. The number of hydrogen-bond acceptors (Lipinski definition) is 2. The highest BCUT2D eigenvalue weighted by atomic mass is 35.5. The Hall–Kier alpha value is -2.37. The van der Waals surface area contributed by atoms with Crippen molar-refractivity contribution in [2.75, 3.05) is 0 Å². The lowest BCUT2D eigenvalue weighted by molar-refractivity contribution is -0.120. The summed E-state index contributed by atoms with van der Waals surface area (Å²) in [7, 11) is 0. The van der Waals surface area contributed by atoms with Crippen molar-refractivity contribution in [3.05, 3.63) is 81.3 Å². The Balaban J connectivity index is 1.79. The van der Waals surface area contributed by atoms with Gasteiger partial charge in [-0.15, -0.1) is 0 Å². The van der Waals surface area contributed by atoms with Gasteiger partial charge in [-0.25, -0.2) is 9.07 Å². The Bertz CT molecular complexity index is 1040. The van der Waals surface area contributed by atoms with E-state index in [1.807, 2.05) is 24.3 Å². The summed E-state index contributed by atoms with van der Waals surface area (Å²) in [5.41, 5.74) is 3.07. The molecule has 0 aliphatic rings. The van der Waals surface area contributed by atoms with Gasteiger partial charge in [0, 0.05) is 10.4 Å². The minimum absolute atomic E-state index is 0.00384. The molecule has 0 aliphatic heterocycles. The van der Waals surface area contributed by atoms with E-state index in [0.717, 1.165) is 17.1 Å². The third kappa shape index (κ3) is 5.37. The number of carbonyl (C=O) groups excluding carboxylic acids is 1. The Morgan fingerprint density at radius 3 is 2.55 bits per heavy atom. The van der Waals surface area contributed by atoms with E-state index in [4.69, 9.17) is 28.3 Å². The number of hydrogen-bond donors (Lipinski definition) is 1. The second kappa shape index (κ2) is 8.56. The predicted octanol–water partition coefficient (Wildman–Crippen LogP) is 5.47. The summed E-state index contributed by atoms with van der Waals surface area (Å²) in [6.45, 7) is 6.54. The number of halogens is 3. The summed E-state index contributed by atoms with van der Waals surface area (Å²) in [4.78, 5) is 12.4. The molecule has 1 N–H and O–H groups in total. The molecule has 3 rings (SSSR count). The quantitative estimate of drug-likeness (QED) is 0.579. The standard InChI is InChI=1S/C22H22Cl2FN3O/c1-22(2,3)20-12-17(28(27-20)16-6-4-5-15(23)11-16)13-26-21(29)10-14-7-8-19(25)18(24)9-14/h4-9,11-12H,10,13H2,1-3H3,(H,26,29). The van der Waals surface area contributed by atoms with E-state index in [1.54, 1.807) is 16.8 Å². The van der Waals surface area contributed by atoms with Gasteiger partial charge in [-0.2, -0.15) is 5.10 Å². The van der Waals surface area contributed by atoms with Crippen molar-refractivity contribution < 1.29 is 9.18 Å². The number of carbonyl (C=O) groups is 1. The van der Waals surface area contributed by atoms with Gasteiger partial charge in [0.2, 0.25) is 5.91 Å². The Morgan fingerprint density at radius 2 is 1.90 bits per heavy atom. The smallest absolute Gasteiger partial charge is 0.224 e. The molecule has 1 amide bonds. The van der Waals surface area contributed by atoms with Crippen LogP contribution in [0.2, 0.25) is 10.0 Å². The van der Waals surface area contributed by atoms with E-state index < -0.39 is 5.82 Å². The molecule has 1 heterocycles. The number of amides is 1. The van der Waals surface area contributed by atoms with Crippen molar-refractivity contribution in [2.24, 2.45) is 0 Å². The Kier molecular flexibility index (Phi) is 6.30. The zero-order chi connectivity index (χ0) is 21.2. The van der Waals surface area contributed by atoms with E-state index in [9.17, 15) is 9.18 Å². The summed E-state index contributed by atoms with van der Waals surface area (Å²) in [6, 6.07) is 13.7. The molecule has 0 radical (unpaired) electrons. The number of rotatable bonds is 5. The molecule has 0 bridgehead atoms. The van der Waals surface area contributed by atoms with Crippen LogP contribution in [0.3, 0.4) is 0 Å². The average molecular weight is 434 g/mol. The van der Waals surface area contributed by atoms with Crippen molar-refractivity contribution in [1.82, 2.24) is 15.1 Å². The molecule has 0 saturated heterocycles. The van der Waals surface area contributed by atoms with E-state index in [-0.39, 0.29) is 22.8 Å². The zero-order valence-electron chi connectivity index (χ0n) is 16.5. The molecule has 1 aromatic heterocycles. The molecule has 2 aromatic carbocycles. The Morgan fingerprint density at radius 1 is 1.14 bits per heavy atom. The van der Waals surface area contributed by atoms with Crippen LogP contribution >= 0.6 is 23.2 Å². The summed E-state index contributed by atoms with van der Waals surface area (Å²) >= 11 is 11.9.